The smallest absolute Gasteiger partial charge is 0.335 e. The third-order valence-electron chi connectivity index (χ3n) is 6.14. The second-order valence-corrected chi connectivity index (χ2v) is 10.9. The molecule has 0 spiro atoms. The Kier molecular flexibility index (Phi) is 6.29. The van der Waals surface area contributed by atoms with Gasteiger partial charge in [0.25, 0.3) is 5.56 Å². The normalized spacial score (nSPS) is 12.1. The van der Waals surface area contributed by atoms with Crippen LogP contribution in [-0.2, 0) is 12.0 Å². The molecule has 3 aromatic carbocycles. The maximum absolute atomic E-state index is 13.5. The number of carboxylic acids is 1. The van der Waals surface area contributed by atoms with Crippen molar-refractivity contribution in [3.05, 3.63) is 110 Å². The topological polar surface area (TPSA) is 89.5 Å². The van der Waals surface area contributed by atoms with E-state index in [9.17, 15) is 14.7 Å². The van der Waals surface area contributed by atoms with Crippen molar-refractivity contribution < 1.29 is 9.90 Å². The zero-order valence-electron chi connectivity index (χ0n) is 20.6. The quantitative estimate of drug-likeness (QED) is 0.267. The van der Waals surface area contributed by atoms with Gasteiger partial charge in [-0.2, -0.15) is 9.78 Å². The lowest BCUT2D eigenvalue weighted by Gasteiger charge is -2.20. The summed E-state index contributed by atoms with van der Waals surface area (Å²) in [7, 11) is 0. The number of hydrogen-bond donors (Lipinski definition) is 1. The second kappa shape index (κ2) is 9.44. The van der Waals surface area contributed by atoms with Crippen LogP contribution in [0.15, 0.2) is 87.3 Å². The molecule has 5 aromatic rings. The van der Waals surface area contributed by atoms with Crippen molar-refractivity contribution >= 4 is 49.9 Å². The van der Waals surface area contributed by atoms with Gasteiger partial charge in [0.15, 0.2) is 0 Å². The van der Waals surface area contributed by atoms with Gasteiger partial charge in [-0.3, -0.25) is 4.79 Å². The summed E-state index contributed by atoms with van der Waals surface area (Å²) in [4.78, 5) is 29.7. The van der Waals surface area contributed by atoms with Gasteiger partial charge < -0.3 is 9.67 Å². The van der Waals surface area contributed by atoms with Gasteiger partial charge in [0.05, 0.1) is 22.7 Å². The fraction of sp³-hybridized carbons (Fsp3) is 0.172. The number of benzene rings is 3. The number of hydrogen-bond acceptors (Lipinski definition) is 4. The molecule has 0 aliphatic heterocycles. The molecule has 2 aromatic heterocycles. The largest absolute Gasteiger partial charge is 0.478 e. The van der Waals surface area contributed by atoms with Crippen LogP contribution in [0.5, 0.6) is 0 Å². The first-order chi connectivity index (χ1) is 17.6. The number of aromatic nitrogens is 3. The molecular formula is C29H25BrN4O3. The Balaban J connectivity index is 1.62. The number of aromatic carboxylic acids is 1. The maximum Gasteiger partial charge on any atom is 0.335 e. The summed E-state index contributed by atoms with van der Waals surface area (Å²) in [5.41, 5.74) is 2.92. The number of para-hydroxylation sites is 1. The first-order valence-electron chi connectivity index (χ1n) is 11.8. The molecule has 0 radical (unpaired) electrons. The minimum atomic E-state index is -0.955. The van der Waals surface area contributed by atoms with E-state index in [-0.39, 0.29) is 11.1 Å². The van der Waals surface area contributed by atoms with Gasteiger partial charge in [-0.05, 0) is 42.0 Å². The van der Waals surface area contributed by atoms with E-state index in [1.807, 2.05) is 69.4 Å². The number of carboxylic acid groups (broad SMARTS) is 1. The Morgan fingerprint density at radius 3 is 2.59 bits per heavy atom. The predicted octanol–water partition coefficient (Wildman–Crippen LogP) is 6.04. The lowest BCUT2D eigenvalue weighted by molar-refractivity contribution is 0.0696. The van der Waals surface area contributed by atoms with E-state index in [0.29, 0.717) is 23.3 Å². The minimum absolute atomic E-state index is 0.235. The van der Waals surface area contributed by atoms with Crippen LogP contribution in [0.3, 0.4) is 0 Å². The molecule has 0 saturated carbocycles. The van der Waals surface area contributed by atoms with Gasteiger partial charge in [-0.1, -0.05) is 67.0 Å². The van der Waals surface area contributed by atoms with Gasteiger partial charge in [0, 0.05) is 39.1 Å². The summed E-state index contributed by atoms with van der Waals surface area (Å²) in [5.74, 6) is -0.388. The van der Waals surface area contributed by atoms with E-state index in [1.165, 1.54) is 4.68 Å². The summed E-state index contributed by atoms with van der Waals surface area (Å²) in [6.07, 6.45) is 3.66. The van der Waals surface area contributed by atoms with Gasteiger partial charge in [-0.25, -0.2) is 9.78 Å². The minimum Gasteiger partial charge on any atom is -0.478 e. The van der Waals surface area contributed by atoms with Crippen LogP contribution in [0.2, 0.25) is 0 Å². The SMILES string of the molecule is CC(C)(C)c1nc2ccc(Br)cc2c(=O)n1N=Cc1cn(Cc2cccc(C(=O)O)c2)c2ccccc12. The highest BCUT2D eigenvalue weighted by atomic mass is 79.9. The lowest BCUT2D eigenvalue weighted by Crippen LogP contribution is -2.29. The van der Waals surface area contributed by atoms with E-state index >= 15 is 0 Å². The molecule has 7 nitrogen and oxygen atoms in total. The first kappa shape index (κ1) is 24.6. The number of nitrogens with zero attached hydrogens (tertiary/aromatic N) is 4. The Bertz CT molecular complexity index is 1760. The molecule has 0 atom stereocenters. The number of fused-ring (bicyclic) bond motifs is 2. The summed E-state index contributed by atoms with van der Waals surface area (Å²) >= 11 is 3.44. The van der Waals surface area contributed by atoms with Crippen molar-refractivity contribution in [1.29, 1.82) is 0 Å². The molecule has 0 amide bonds. The Morgan fingerprint density at radius 2 is 1.84 bits per heavy atom. The van der Waals surface area contributed by atoms with Crippen LogP contribution in [0.25, 0.3) is 21.8 Å². The molecule has 0 aliphatic carbocycles. The Hall–Kier alpha value is -4.04. The van der Waals surface area contributed by atoms with E-state index in [1.54, 1.807) is 30.5 Å². The lowest BCUT2D eigenvalue weighted by atomic mass is 9.95. The number of halogens is 1. The molecule has 0 aliphatic rings. The zero-order valence-corrected chi connectivity index (χ0v) is 22.2. The summed E-state index contributed by atoms with van der Waals surface area (Å²) in [5, 5.41) is 15.5. The standard InChI is InChI=1S/C29H25BrN4O3/c1-29(2,3)28-32-24-12-11-21(30)14-23(24)26(35)34(28)31-15-20-17-33(25-10-5-4-9-22(20)25)16-18-7-6-8-19(13-18)27(36)37/h4-15,17H,16H2,1-3H3,(H,36,37). The van der Waals surface area contributed by atoms with Crippen LogP contribution >= 0.6 is 15.9 Å². The third-order valence-corrected chi connectivity index (χ3v) is 6.63. The fourth-order valence-corrected chi connectivity index (χ4v) is 4.73. The first-order valence-corrected chi connectivity index (χ1v) is 12.6. The van der Waals surface area contributed by atoms with E-state index in [2.05, 4.69) is 25.6 Å². The molecule has 2 heterocycles. The maximum atomic E-state index is 13.5. The highest BCUT2D eigenvalue weighted by Crippen LogP contribution is 2.24. The predicted molar refractivity (Wildman–Crippen MR) is 150 cm³/mol. The molecule has 8 heteroatoms. The third kappa shape index (κ3) is 4.84. The van der Waals surface area contributed by atoms with Crippen LogP contribution in [0.1, 0.15) is 48.1 Å². The molecule has 0 fully saturated rings. The number of rotatable bonds is 5. The van der Waals surface area contributed by atoms with Crippen LogP contribution < -0.4 is 5.56 Å². The van der Waals surface area contributed by atoms with Gasteiger partial charge in [0.1, 0.15) is 5.82 Å². The van der Waals surface area contributed by atoms with Gasteiger partial charge >= 0.3 is 5.97 Å². The molecular weight excluding hydrogens is 532 g/mol. The van der Waals surface area contributed by atoms with Crippen molar-refractivity contribution in [2.24, 2.45) is 5.10 Å². The Morgan fingerprint density at radius 1 is 1.05 bits per heavy atom. The molecule has 0 saturated heterocycles. The van der Waals surface area contributed by atoms with E-state index < -0.39 is 11.4 Å². The molecule has 186 valence electrons. The average molecular weight is 557 g/mol. The van der Waals surface area contributed by atoms with Crippen molar-refractivity contribution in [2.45, 2.75) is 32.7 Å². The average Bonchev–Trinajstić information content (AvgIpc) is 3.20. The number of carbonyl (C=O) groups is 1. The highest BCUT2D eigenvalue weighted by molar-refractivity contribution is 9.10. The zero-order chi connectivity index (χ0) is 26.3. The van der Waals surface area contributed by atoms with Crippen molar-refractivity contribution in [3.63, 3.8) is 0 Å². The molecule has 5 rings (SSSR count). The van der Waals surface area contributed by atoms with Crippen molar-refractivity contribution in [3.8, 4) is 0 Å². The Labute approximate surface area is 221 Å². The van der Waals surface area contributed by atoms with Crippen LogP contribution in [0, 0.1) is 0 Å². The summed E-state index contributed by atoms with van der Waals surface area (Å²) in [6, 6.07) is 20.3. The molecule has 37 heavy (non-hydrogen) atoms. The highest BCUT2D eigenvalue weighted by Gasteiger charge is 2.23. The van der Waals surface area contributed by atoms with Crippen molar-refractivity contribution in [2.75, 3.05) is 0 Å². The van der Waals surface area contributed by atoms with Crippen LogP contribution in [0.4, 0.5) is 0 Å². The summed E-state index contributed by atoms with van der Waals surface area (Å²) in [6.45, 7) is 6.50. The molecule has 1 N–H and O–H groups in total. The van der Waals surface area contributed by atoms with Crippen LogP contribution in [-0.4, -0.2) is 31.5 Å². The molecule has 0 bridgehead atoms. The second-order valence-electron chi connectivity index (χ2n) is 9.94. The fourth-order valence-electron chi connectivity index (χ4n) is 4.37. The van der Waals surface area contributed by atoms with E-state index in [0.717, 1.165) is 26.5 Å². The summed E-state index contributed by atoms with van der Waals surface area (Å²) < 4.78 is 4.24. The van der Waals surface area contributed by atoms with Gasteiger partial charge in [-0.15, -0.1) is 0 Å². The van der Waals surface area contributed by atoms with Crippen molar-refractivity contribution in [1.82, 2.24) is 14.2 Å². The monoisotopic (exact) mass is 556 g/mol. The van der Waals surface area contributed by atoms with E-state index in [4.69, 9.17) is 4.98 Å². The van der Waals surface area contributed by atoms with Gasteiger partial charge in [0.2, 0.25) is 0 Å². The molecule has 0 unspecified atom stereocenters.